The number of hydrogen-bond donors (Lipinski definition) is 1. The first-order valence-electron chi connectivity index (χ1n) is 6.77. The van der Waals surface area contributed by atoms with Crippen molar-refractivity contribution in [3.05, 3.63) is 35.4 Å². The number of hydrogen-bond acceptors (Lipinski definition) is 1. The van der Waals surface area contributed by atoms with Crippen molar-refractivity contribution in [1.82, 2.24) is 0 Å². The summed E-state index contributed by atoms with van der Waals surface area (Å²) < 4.78 is 38.0. The fourth-order valence-electron chi connectivity index (χ4n) is 3.04. The molecule has 1 aromatic rings. The van der Waals surface area contributed by atoms with Gasteiger partial charge in [-0.25, -0.2) is 0 Å². The van der Waals surface area contributed by atoms with Crippen LogP contribution in [0.4, 0.5) is 13.2 Å². The van der Waals surface area contributed by atoms with E-state index in [1.54, 1.807) is 6.07 Å². The fourth-order valence-corrected chi connectivity index (χ4v) is 3.04. The van der Waals surface area contributed by atoms with E-state index < -0.39 is 11.7 Å². The Morgan fingerprint density at radius 1 is 1.37 bits per heavy atom. The minimum Gasteiger partial charge on any atom is -0.325 e. The summed E-state index contributed by atoms with van der Waals surface area (Å²) in [6, 6.07) is 5.54. The van der Waals surface area contributed by atoms with Crippen molar-refractivity contribution in [3.63, 3.8) is 0 Å². The molecule has 0 radical (unpaired) electrons. The molecule has 0 aromatic heterocycles. The molecule has 0 saturated heterocycles. The first-order valence-corrected chi connectivity index (χ1v) is 6.77. The average molecular weight is 271 g/mol. The second kappa shape index (κ2) is 5.16. The predicted molar refractivity (Wildman–Crippen MR) is 69.7 cm³/mol. The van der Waals surface area contributed by atoms with Gasteiger partial charge in [-0.15, -0.1) is 0 Å². The van der Waals surface area contributed by atoms with E-state index in [9.17, 15) is 13.2 Å². The number of rotatable bonds is 3. The number of halogens is 3. The average Bonchev–Trinajstić information content (AvgIpc) is 2.70. The van der Waals surface area contributed by atoms with Gasteiger partial charge in [-0.1, -0.05) is 31.5 Å². The van der Waals surface area contributed by atoms with Crippen molar-refractivity contribution in [2.45, 2.75) is 50.7 Å². The van der Waals surface area contributed by atoms with E-state index in [2.05, 4.69) is 6.92 Å². The van der Waals surface area contributed by atoms with Crippen LogP contribution in [0.2, 0.25) is 0 Å². The standard InChI is InChI=1S/C15H20F3N/c1-2-11-6-7-14(19,9-11)10-12-4-3-5-13(8-12)15(16,17)18/h3-5,8,11H,2,6-7,9-10,19H2,1H3. The van der Waals surface area contributed by atoms with Crippen LogP contribution in [0.3, 0.4) is 0 Å². The molecule has 19 heavy (non-hydrogen) atoms. The van der Waals surface area contributed by atoms with Gasteiger partial charge in [-0.05, 0) is 43.2 Å². The Bertz CT molecular complexity index is 441. The van der Waals surface area contributed by atoms with Crippen LogP contribution in [0.15, 0.2) is 24.3 Å². The third kappa shape index (κ3) is 3.50. The summed E-state index contributed by atoms with van der Waals surface area (Å²) in [5.74, 6) is 0.621. The van der Waals surface area contributed by atoms with Crippen LogP contribution >= 0.6 is 0 Å². The lowest BCUT2D eigenvalue weighted by atomic mass is 9.88. The monoisotopic (exact) mass is 271 g/mol. The van der Waals surface area contributed by atoms with Crippen LogP contribution in [-0.4, -0.2) is 5.54 Å². The summed E-state index contributed by atoms with van der Waals surface area (Å²) in [5.41, 5.74) is 6.11. The molecule has 0 spiro atoms. The molecule has 4 heteroatoms. The van der Waals surface area contributed by atoms with Gasteiger partial charge in [0.2, 0.25) is 0 Å². The van der Waals surface area contributed by atoms with E-state index in [1.807, 2.05) is 0 Å². The third-order valence-corrected chi connectivity index (χ3v) is 4.13. The minimum atomic E-state index is -4.28. The van der Waals surface area contributed by atoms with Crippen molar-refractivity contribution < 1.29 is 13.2 Å². The quantitative estimate of drug-likeness (QED) is 0.877. The van der Waals surface area contributed by atoms with Crippen molar-refractivity contribution in [1.29, 1.82) is 0 Å². The van der Waals surface area contributed by atoms with Crippen molar-refractivity contribution in [2.24, 2.45) is 11.7 Å². The molecular weight excluding hydrogens is 251 g/mol. The van der Waals surface area contributed by atoms with Crippen LogP contribution in [0.25, 0.3) is 0 Å². The maximum absolute atomic E-state index is 12.7. The van der Waals surface area contributed by atoms with Gasteiger partial charge in [0.25, 0.3) is 0 Å². The molecule has 0 aliphatic heterocycles. The highest BCUT2D eigenvalue weighted by atomic mass is 19.4. The number of nitrogens with two attached hydrogens (primary N) is 1. The van der Waals surface area contributed by atoms with Gasteiger partial charge >= 0.3 is 6.18 Å². The molecule has 106 valence electrons. The summed E-state index contributed by atoms with van der Waals surface area (Å²) in [6.45, 7) is 2.14. The molecule has 0 bridgehead atoms. The normalized spacial score (nSPS) is 27.7. The molecule has 1 aliphatic carbocycles. The largest absolute Gasteiger partial charge is 0.416 e. The topological polar surface area (TPSA) is 26.0 Å². The van der Waals surface area contributed by atoms with Gasteiger partial charge in [0.05, 0.1) is 5.56 Å². The highest BCUT2D eigenvalue weighted by Crippen LogP contribution is 2.37. The van der Waals surface area contributed by atoms with E-state index in [-0.39, 0.29) is 5.54 Å². The molecule has 2 rings (SSSR count). The summed E-state index contributed by atoms with van der Waals surface area (Å²) in [6.07, 6.45) is 0.266. The Balaban J connectivity index is 2.12. The maximum atomic E-state index is 12.7. The SMILES string of the molecule is CCC1CCC(N)(Cc2cccc(C(F)(F)F)c2)C1. The van der Waals surface area contributed by atoms with E-state index in [4.69, 9.17) is 5.73 Å². The Kier molecular flexibility index (Phi) is 3.90. The highest BCUT2D eigenvalue weighted by molar-refractivity contribution is 5.27. The smallest absolute Gasteiger partial charge is 0.325 e. The van der Waals surface area contributed by atoms with Crippen molar-refractivity contribution in [3.8, 4) is 0 Å². The fraction of sp³-hybridized carbons (Fsp3) is 0.600. The summed E-state index contributed by atoms with van der Waals surface area (Å²) in [7, 11) is 0. The molecule has 0 amide bonds. The van der Waals surface area contributed by atoms with Gasteiger partial charge in [-0.2, -0.15) is 13.2 Å². The van der Waals surface area contributed by atoms with Crippen molar-refractivity contribution >= 4 is 0 Å². The molecule has 2 N–H and O–H groups in total. The Hall–Kier alpha value is -1.03. The number of alkyl halides is 3. The third-order valence-electron chi connectivity index (χ3n) is 4.13. The van der Waals surface area contributed by atoms with Gasteiger partial charge < -0.3 is 5.73 Å². The summed E-state index contributed by atoms with van der Waals surface area (Å²) >= 11 is 0. The molecule has 1 nitrogen and oxygen atoms in total. The lowest BCUT2D eigenvalue weighted by Crippen LogP contribution is -2.39. The van der Waals surface area contributed by atoms with E-state index in [0.717, 1.165) is 31.7 Å². The van der Waals surface area contributed by atoms with Crippen LogP contribution in [-0.2, 0) is 12.6 Å². The molecule has 1 aromatic carbocycles. The Morgan fingerprint density at radius 3 is 2.68 bits per heavy atom. The molecule has 2 unspecified atom stereocenters. The lowest BCUT2D eigenvalue weighted by Gasteiger charge is -2.24. The van der Waals surface area contributed by atoms with E-state index >= 15 is 0 Å². The molecule has 1 saturated carbocycles. The van der Waals surface area contributed by atoms with Crippen LogP contribution in [0.5, 0.6) is 0 Å². The Labute approximate surface area is 112 Å². The van der Waals surface area contributed by atoms with Crippen LogP contribution in [0.1, 0.15) is 43.7 Å². The van der Waals surface area contributed by atoms with Gasteiger partial charge in [0.15, 0.2) is 0 Å². The van der Waals surface area contributed by atoms with Gasteiger partial charge in [0, 0.05) is 5.54 Å². The Morgan fingerprint density at radius 2 is 2.11 bits per heavy atom. The molecule has 1 fully saturated rings. The van der Waals surface area contributed by atoms with E-state index in [0.29, 0.717) is 17.9 Å². The lowest BCUT2D eigenvalue weighted by molar-refractivity contribution is -0.137. The molecular formula is C15H20F3N. The van der Waals surface area contributed by atoms with Gasteiger partial charge in [0.1, 0.15) is 0 Å². The minimum absolute atomic E-state index is 0.328. The second-order valence-corrected chi connectivity index (χ2v) is 5.75. The maximum Gasteiger partial charge on any atom is 0.416 e. The first-order chi connectivity index (χ1) is 8.82. The second-order valence-electron chi connectivity index (χ2n) is 5.75. The summed E-state index contributed by atoms with van der Waals surface area (Å²) in [5, 5.41) is 0. The van der Waals surface area contributed by atoms with E-state index in [1.165, 1.54) is 12.1 Å². The zero-order valence-electron chi connectivity index (χ0n) is 11.1. The zero-order valence-corrected chi connectivity index (χ0v) is 11.1. The molecule has 0 heterocycles. The molecule has 1 aliphatic rings. The zero-order chi connectivity index (χ0) is 14.1. The first kappa shape index (κ1) is 14.4. The van der Waals surface area contributed by atoms with Crippen LogP contribution in [0, 0.1) is 5.92 Å². The molecule has 2 atom stereocenters. The van der Waals surface area contributed by atoms with Crippen LogP contribution < -0.4 is 5.73 Å². The van der Waals surface area contributed by atoms with Gasteiger partial charge in [-0.3, -0.25) is 0 Å². The van der Waals surface area contributed by atoms with Crippen molar-refractivity contribution in [2.75, 3.05) is 0 Å². The summed E-state index contributed by atoms with van der Waals surface area (Å²) in [4.78, 5) is 0. The predicted octanol–water partition coefficient (Wildman–Crippen LogP) is 4.16. The highest BCUT2D eigenvalue weighted by Gasteiger charge is 2.36. The number of benzene rings is 1.